The highest BCUT2D eigenvalue weighted by molar-refractivity contribution is 5.85. The third kappa shape index (κ3) is 6.24. The number of methoxy groups -OCH3 is 1. The molecule has 1 aliphatic rings. The normalized spacial score (nSPS) is 15.7. The molecule has 144 valence electrons. The molecule has 6 nitrogen and oxygen atoms in total. The zero-order valence-electron chi connectivity index (χ0n) is 16.3. The van der Waals surface area contributed by atoms with Crippen molar-refractivity contribution in [1.82, 2.24) is 15.5 Å². The minimum absolute atomic E-state index is 0.117. The second kappa shape index (κ2) is 10.7. The molecule has 1 aromatic carbocycles. The second-order valence-electron chi connectivity index (χ2n) is 6.67. The summed E-state index contributed by atoms with van der Waals surface area (Å²) in [6.07, 6.45) is 3.20. The number of likely N-dealkylation sites (tertiary alicyclic amines) is 1. The van der Waals surface area contributed by atoms with Crippen molar-refractivity contribution in [3.63, 3.8) is 0 Å². The lowest BCUT2D eigenvalue weighted by atomic mass is 9.98. The molecule has 26 heavy (non-hydrogen) atoms. The molecule has 2 N–H and O–H groups in total. The van der Waals surface area contributed by atoms with E-state index in [0.29, 0.717) is 11.9 Å². The Morgan fingerprint density at radius 2 is 1.92 bits per heavy atom. The smallest absolute Gasteiger partial charge is 0.244 e. The number of hydrogen-bond acceptors (Lipinski definition) is 3. The van der Waals surface area contributed by atoms with Crippen molar-refractivity contribution in [2.45, 2.75) is 39.0 Å². The molecule has 1 amide bonds. The zero-order chi connectivity index (χ0) is 18.8. The molecule has 0 aromatic heterocycles. The van der Waals surface area contributed by atoms with E-state index < -0.39 is 0 Å². The molecule has 1 heterocycles. The van der Waals surface area contributed by atoms with E-state index in [1.807, 2.05) is 24.0 Å². The van der Waals surface area contributed by atoms with Gasteiger partial charge < -0.3 is 20.3 Å². The fourth-order valence-corrected chi connectivity index (χ4v) is 3.06. The highest BCUT2D eigenvalue weighted by atomic mass is 16.5. The lowest BCUT2D eigenvalue weighted by Crippen LogP contribution is -2.39. The van der Waals surface area contributed by atoms with Crippen LogP contribution in [0.4, 0.5) is 0 Å². The number of hydrogen-bond donors (Lipinski definition) is 2. The fourth-order valence-electron chi connectivity index (χ4n) is 3.06. The minimum Gasteiger partial charge on any atom is -0.497 e. The summed E-state index contributed by atoms with van der Waals surface area (Å²) in [6.45, 7) is 7.78. The van der Waals surface area contributed by atoms with Gasteiger partial charge >= 0.3 is 0 Å². The molecule has 1 fully saturated rings. The first kappa shape index (κ1) is 20.1. The maximum atomic E-state index is 12.1. The van der Waals surface area contributed by atoms with Crippen LogP contribution in [0.25, 0.3) is 0 Å². The van der Waals surface area contributed by atoms with Crippen LogP contribution in [0.1, 0.15) is 44.6 Å². The Balaban J connectivity index is 1.79. The van der Waals surface area contributed by atoms with E-state index in [9.17, 15) is 4.79 Å². The number of amides is 1. The van der Waals surface area contributed by atoms with E-state index >= 15 is 0 Å². The third-order valence-corrected chi connectivity index (χ3v) is 4.73. The van der Waals surface area contributed by atoms with Crippen molar-refractivity contribution in [2.75, 3.05) is 39.8 Å². The summed E-state index contributed by atoms with van der Waals surface area (Å²) >= 11 is 0. The molecule has 6 heteroatoms. The Bertz CT molecular complexity index is 580. The predicted molar refractivity (Wildman–Crippen MR) is 106 cm³/mol. The quantitative estimate of drug-likeness (QED) is 0.552. The molecule has 1 unspecified atom stereocenters. The molecule has 0 bridgehead atoms. The largest absolute Gasteiger partial charge is 0.497 e. The van der Waals surface area contributed by atoms with Gasteiger partial charge in [0.1, 0.15) is 12.3 Å². The third-order valence-electron chi connectivity index (χ3n) is 4.73. The Hall–Kier alpha value is -2.24. The van der Waals surface area contributed by atoms with E-state index in [-0.39, 0.29) is 12.5 Å². The maximum absolute atomic E-state index is 12.1. The van der Waals surface area contributed by atoms with Crippen molar-refractivity contribution < 1.29 is 9.53 Å². The number of benzene rings is 1. The van der Waals surface area contributed by atoms with Crippen molar-refractivity contribution in [3.8, 4) is 5.75 Å². The molecule has 1 saturated heterocycles. The predicted octanol–water partition coefficient (Wildman–Crippen LogP) is 2.37. The molecular weight excluding hydrogens is 328 g/mol. The summed E-state index contributed by atoms with van der Waals surface area (Å²) in [7, 11) is 1.68. The number of guanidine groups is 1. The van der Waals surface area contributed by atoms with Gasteiger partial charge in [-0.2, -0.15) is 0 Å². The van der Waals surface area contributed by atoms with Gasteiger partial charge in [-0.25, -0.2) is 4.99 Å². The van der Waals surface area contributed by atoms with Crippen LogP contribution in [-0.2, 0) is 4.79 Å². The second-order valence-corrected chi connectivity index (χ2v) is 6.67. The molecule has 2 rings (SSSR count). The lowest BCUT2D eigenvalue weighted by molar-refractivity contribution is -0.128. The van der Waals surface area contributed by atoms with Crippen LogP contribution in [0, 0.1) is 0 Å². The van der Waals surface area contributed by atoms with E-state index in [0.717, 1.165) is 51.2 Å². The number of nitrogens with one attached hydrogen (secondary N) is 2. The molecule has 0 saturated carbocycles. The average Bonchev–Trinajstić information content (AvgIpc) is 3.20. The first-order chi connectivity index (χ1) is 12.6. The summed E-state index contributed by atoms with van der Waals surface area (Å²) in [5, 5.41) is 6.54. The average molecular weight is 361 g/mol. The molecule has 1 atom stereocenters. The molecule has 0 aliphatic carbocycles. The number of rotatable bonds is 8. The van der Waals surface area contributed by atoms with Crippen molar-refractivity contribution >= 4 is 11.9 Å². The summed E-state index contributed by atoms with van der Waals surface area (Å²) < 4.78 is 5.20. The van der Waals surface area contributed by atoms with Crippen molar-refractivity contribution in [3.05, 3.63) is 29.8 Å². The Labute approximate surface area is 157 Å². The van der Waals surface area contributed by atoms with Crippen molar-refractivity contribution in [1.29, 1.82) is 0 Å². The van der Waals surface area contributed by atoms with Crippen molar-refractivity contribution in [2.24, 2.45) is 4.99 Å². The molecule has 1 aliphatic heterocycles. The summed E-state index contributed by atoms with van der Waals surface area (Å²) in [5.74, 6) is 2.14. The van der Waals surface area contributed by atoms with Gasteiger partial charge in [0.2, 0.25) is 5.91 Å². The molecular formula is C20H32N4O2. The summed E-state index contributed by atoms with van der Waals surface area (Å²) in [5.41, 5.74) is 1.29. The number of ether oxygens (including phenoxy) is 1. The highest BCUT2D eigenvalue weighted by Gasteiger charge is 2.17. The monoisotopic (exact) mass is 360 g/mol. The van der Waals surface area contributed by atoms with Crippen LogP contribution in [0.2, 0.25) is 0 Å². The number of carbonyl (C=O) groups excluding carboxylic acids is 1. The fraction of sp³-hybridized carbons (Fsp3) is 0.600. The van der Waals surface area contributed by atoms with Crippen LogP contribution in [0.3, 0.4) is 0 Å². The molecule has 0 spiro atoms. The number of carbonyl (C=O) groups is 1. The first-order valence-electron chi connectivity index (χ1n) is 9.58. The molecule has 0 radical (unpaired) electrons. The lowest BCUT2D eigenvalue weighted by Gasteiger charge is -2.16. The number of nitrogens with zero attached hydrogens (tertiary/aromatic N) is 2. The van der Waals surface area contributed by atoms with E-state index in [1.165, 1.54) is 5.56 Å². The first-order valence-corrected chi connectivity index (χ1v) is 9.58. The highest BCUT2D eigenvalue weighted by Crippen LogP contribution is 2.21. The zero-order valence-corrected chi connectivity index (χ0v) is 16.3. The SMILES string of the molecule is CCNC(=NCC(=O)N1CCCC1)NCCC(C)c1ccc(OC)cc1. The van der Waals surface area contributed by atoms with Gasteiger partial charge in [0.15, 0.2) is 5.96 Å². The van der Waals surface area contributed by atoms with Gasteiger partial charge in [-0.1, -0.05) is 19.1 Å². The van der Waals surface area contributed by atoms with Gasteiger partial charge in [0, 0.05) is 26.2 Å². The van der Waals surface area contributed by atoms with Gasteiger partial charge in [-0.3, -0.25) is 4.79 Å². The van der Waals surface area contributed by atoms with E-state index in [2.05, 4.69) is 34.7 Å². The van der Waals surface area contributed by atoms with E-state index in [1.54, 1.807) is 7.11 Å². The number of aliphatic imine (C=N–C) groups is 1. The van der Waals surface area contributed by atoms with Crippen LogP contribution in [0.5, 0.6) is 5.75 Å². The van der Waals surface area contributed by atoms with Gasteiger partial charge in [0.25, 0.3) is 0 Å². The van der Waals surface area contributed by atoms with E-state index in [4.69, 9.17) is 4.74 Å². The summed E-state index contributed by atoms with van der Waals surface area (Å²) in [4.78, 5) is 18.5. The van der Waals surface area contributed by atoms with Gasteiger partial charge in [-0.05, 0) is 49.8 Å². The Morgan fingerprint density at radius 1 is 1.23 bits per heavy atom. The standard InChI is InChI=1S/C20H32N4O2/c1-4-21-20(23-15-19(25)24-13-5-6-14-24)22-12-11-16(2)17-7-9-18(26-3)10-8-17/h7-10,16H,4-6,11-15H2,1-3H3,(H2,21,22,23). The van der Waals surface area contributed by atoms with Crippen LogP contribution < -0.4 is 15.4 Å². The van der Waals surface area contributed by atoms with Gasteiger partial charge in [0.05, 0.1) is 7.11 Å². The van der Waals surface area contributed by atoms with Crippen LogP contribution >= 0.6 is 0 Å². The maximum Gasteiger partial charge on any atom is 0.244 e. The summed E-state index contributed by atoms with van der Waals surface area (Å²) in [6, 6.07) is 8.21. The van der Waals surface area contributed by atoms with Crippen LogP contribution in [-0.4, -0.2) is 56.6 Å². The topological polar surface area (TPSA) is 66.0 Å². The Kier molecular flexibility index (Phi) is 8.25. The minimum atomic E-state index is 0.117. The Morgan fingerprint density at radius 3 is 2.54 bits per heavy atom. The molecule has 1 aromatic rings. The van der Waals surface area contributed by atoms with Gasteiger partial charge in [-0.15, -0.1) is 0 Å². The van der Waals surface area contributed by atoms with Crippen LogP contribution in [0.15, 0.2) is 29.3 Å².